The van der Waals surface area contributed by atoms with Crippen LogP contribution < -0.4 is 16.0 Å². The molecule has 0 aliphatic rings. The van der Waals surface area contributed by atoms with Crippen molar-refractivity contribution in [3.63, 3.8) is 0 Å². The fourth-order valence-electron chi connectivity index (χ4n) is 1.87. The Morgan fingerprint density at radius 2 is 1.95 bits per heavy atom. The van der Waals surface area contributed by atoms with E-state index in [1.165, 1.54) is 4.90 Å². The predicted octanol–water partition coefficient (Wildman–Crippen LogP) is 2.51. The van der Waals surface area contributed by atoms with Crippen LogP contribution in [0.2, 0.25) is 0 Å². The molecule has 0 bridgehead atoms. The molecule has 104 valence electrons. The zero-order valence-corrected chi connectivity index (χ0v) is 11.9. The molecule has 0 heterocycles. The van der Waals surface area contributed by atoms with Crippen LogP contribution in [0.1, 0.15) is 31.4 Å². The van der Waals surface area contributed by atoms with Gasteiger partial charge in [-0.3, -0.25) is 5.41 Å². The Balaban J connectivity index is 3.15. The van der Waals surface area contributed by atoms with Crippen LogP contribution in [0.3, 0.4) is 0 Å². The molecule has 0 aliphatic carbocycles. The number of guanidine groups is 1. The van der Waals surface area contributed by atoms with Gasteiger partial charge in [-0.25, -0.2) is 9.69 Å². The number of rotatable bonds is 3. The summed E-state index contributed by atoms with van der Waals surface area (Å²) < 4.78 is 0. The van der Waals surface area contributed by atoms with Gasteiger partial charge in [0.15, 0.2) is 0 Å². The minimum Gasteiger partial charge on any atom is -0.369 e. The Labute approximate surface area is 114 Å². The van der Waals surface area contributed by atoms with Crippen molar-refractivity contribution in [2.45, 2.75) is 40.2 Å². The molecule has 0 radical (unpaired) electrons. The third-order valence-corrected chi connectivity index (χ3v) is 3.09. The number of aryl methyl sites for hydroxylation is 2. The van der Waals surface area contributed by atoms with Gasteiger partial charge in [0.1, 0.15) is 0 Å². The molecule has 1 aromatic carbocycles. The van der Waals surface area contributed by atoms with Crippen LogP contribution in [0, 0.1) is 19.3 Å². The molecule has 1 atom stereocenters. The number of nitrogens with zero attached hydrogens (tertiary/aromatic N) is 1. The van der Waals surface area contributed by atoms with Gasteiger partial charge in [-0.05, 0) is 38.3 Å². The number of hydrogen-bond acceptors (Lipinski definition) is 2. The van der Waals surface area contributed by atoms with Crippen molar-refractivity contribution in [2.24, 2.45) is 5.73 Å². The van der Waals surface area contributed by atoms with Gasteiger partial charge in [0.05, 0.1) is 5.69 Å². The van der Waals surface area contributed by atoms with Crippen LogP contribution in [-0.4, -0.2) is 18.0 Å². The second-order valence-electron chi connectivity index (χ2n) is 4.72. The van der Waals surface area contributed by atoms with E-state index in [4.69, 9.17) is 11.1 Å². The van der Waals surface area contributed by atoms with E-state index < -0.39 is 0 Å². The lowest BCUT2D eigenvalue weighted by Gasteiger charge is -2.26. The standard InChI is InChI=1S/C14H22N4O/c1-5-11(4)17-14(19)18(13(15)16)12-9(2)7-6-8-10(12)3/h6-8,11H,5H2,1-4H3,(H3,15,16)(H,17,19). The quantitative estimate of drug-likeness (QED) is 0.578. The van der Waals surface area contributed by atoms with Crippen LogP contribution in [0.15, 0.2) is 18.2 Å². The fourth-order valence-corrected chi connectivity index (χ4v) is 1.87. The van der Waals surface area contributed by atoms with Crippen molar-refractivity contribution in [3.05, 3.63) is 29.3 Å². The maximum Gasteiger partial charge on any atom is 0.329 e. The molecule has 0 spiro atoms. The minimum absolute atomic E-state index is 0.0404. The van der Waals surface area contributed by atoms with Gasteiger partial charge in [-0.15, -0.1) is 0 Å². The van der Waals surface area contributed by atoms with Gasteiger partial charge < -0.3 is 11.1 Å². The number of carbonyl (C=O) groups excluding carboxylic acids is 1. The van der Waals surface area contributed by atoms with E-state index in [9.17, 15) is 4.79 Å². The topological polar surface area (TPSA) is 82.2 Å². The lowest BCUT2D eigenvalue weighted by Crippen LogP contribution is -2.50. The molecule has 5 nitrogen and oxygen atoms in total. The Morgan fingerprint density at radius 3 is 2.37 bits per heavy atom. The van der Waals surface area contributed by atoms with Crippen LogP contribution in [0.5, 0.6) is 0 Å². The highest BCUT2D eigenvalue weighted by Gasteiger charge is 2.22. The van der Waals surface area contributed by atoms with Gasteiger partial charge >= 0.3 is 6.03 Å². The van der Waals surface area contributed by atoms with E-state index in [0.717, 1.165) is 17.5 Å². The largest absolute Gasteiger partial charge is 0.369 e. The zero-order chi connectivity index (χ0) is 14.6. The second kappa shape index (κ2) is 6.22. The van der Waals surface area contributed by atoms with Crippen molar-refractivity contribution in [1.82, 2.24) is 5.32 Å². The van der Waals surface area contributed by atoms with Crippen molar-refractivity contribution >= 4 is 17.7 Å². The Hall–Kier alpha value is -2.04. The lowest BCUT2D eigenvalue weighted by molar-refractivity contribution is 0.245. The Morgan fingerprint density at radius 1 is 1.42 bits per heavy atom. The number of nitrogens with one attached hydrogen (secondary N) is 2. The first-order valence-corrected chi connectivity index (χ1v) is 6.39. The van der Waals surface area contributed by atoms with Gasteiger partial charge in [-0.2, -0.15) is 0 Å². The summed E-state index contributed by atoms with van der Waals surface area (Å²) in [6, 6.07) is 5.39. The summed E-state index contributed by atoms with van der Waals surface area (Å²) in [6.07, 6.45) is 0.824. The third-order valence-electron chi connectivity index (χ3n) is 3.09. The van der Waals surface area contributed by atoms with E-state index in [0.29, 0.717) is 5.69 Å². The molecule has 1 unspecified atom stereocenters. The highest BCUT2D eigenvalue weighted by atomic mass is 16.2. The predicted molar refractivity (Wildman–Crippen MR) is 78.6 cm³/mol. The molecule has 5 heteroatoms. The summed E-state index contributed by atoms with van der Waals surface area (Å²) >= 11 is 0. The summed E-state index contributed by atoms with van der Waals surface area (Å²) in [5, 5.41) is 10.5. The van der Waals surface area contributed by atoms with Crippen LogP contribution in [0.25, 0.3) is 0 Å². The lowest BCUT2D eigenvalue weighted by atomic mass is 10.1. The van der Waals surface area contributed by atoms with Crippen LogP contribution in [0.4, 0.5) is 10.5 Å². The average Bonchev–Trinajstić information content (AvgIpc) is 2.32. The highest BCUT2D eigenvalue weighted by molar-refractivity contribution is 6.14. The van der Waals surface area contributed by atoms with Crippen molar-refractivity contribution in [3.8, 4) is 0 Å². The number of hydrogen-bond donors (Lipinski definition) is 3. The zero-order valence-electron chi connectivity index (χ0n) is 11.9. The first-order valence-electron chi connectivity index (χ1n) is 6.39. The molecular weight excluding hydrogens is 240 g/mol. The monoisotopic (exact) mass is 262 g/mol. The third kappa shape index (κ3) is 3.47. The molecular formula is C14H22N4O. The Bertz CT molecular complexity index is 464. The maximum absolute atomic E-state index is 12.3. The molecule has 0 fully saturated rings. The van der Waals surface area contributed by atoms with E-state index in [1.54, 1.807) is 0 Å². The number of para-hydroxylation sites is 1. The first-order chi connectivity index (χ1) is 8.88. The molecule has 1 aromatic rings. The van der Waals surface area contributed by atoms with Crippen molar-refractivity contribution in [1.29, 1.82) is 5.41 Å². The fraction of sp³-hybridized carbons (Fsp3) is 0.429. The van der Waals surface area contributed by atoms with Crippen LogP contribution in [-0.2, 0) is 0 Å². The maximum atomic E-state index is 12.3. The highest BCUT2D eigenvalue weighted by Crippen LogP contribution is 2.24. The number of benzene rings is 1. The number of urea groups is 1. The van der Waals surface area contributed by atoms with Gasteiger partial charge in [0.2, 0.25) is 5.96 Å². The summed E-state index contributed by atoms with van der Waals surface area (Å²) in [6.45, 7) is 7.70. The van der Waals surface area contributed by atoms with Gasteiger partial charge in [0.25, 0.3) is 0 Å². The van der Waals surface area contributed by atoms with Crippen LogP contribution >= 0.6 is 0 Å². The number of amides is 2. The van der Waals surface area contributed by atoms with Gasteiger partial charge in [-0.1, -0.05) is 25.1 Å². The number of anilines is 1. The SMILES string of the molecule is CCC(C)NC(=O)N(C(=N)N)c1c(C)cccc1C. The molecule has 2 amide bonds. The molecule has 4 N–H and O–H groups in total. The van der Waals surface area contributed by atoms with E-state index in [2.05, 4.69) is 5.32 Å². The molecule has 0 saturated heterocycles. The summed E-state index contributed by atoms with van der Waals surface area (Å²) in [5.74, 6) is -0.279. The van der Waals surface area contributed by atoms with Gasteiger partial charge in [0, 0.05) is 6.04 Å². The summed E-state index contributed by atoms with van der Waals surface area (Å²) in [4.78, 5) is 13.5. The number of carbonyl (C=O) groups is 1. The van der Waals surface area contributed by atoms with E-state index >= 15 is 0 Å². The van der Waals surface area contributed by atoms with E-state index in [-0.39, 0.29) is 18.0 Å². The van der Waals surface area contributed by atoms with Crippen molar-refractivity contribution < 1.29 is 4.79 Å². The molecule has 1 rings (SSSR count). The average molecular weight is 262 g/mol. The first kappa shape index (κ1) is 15.0. The number of nitrogens with two attached hydrogens (primary N) is 1. The van der Waals surface area contributed by atoms with E-state index in [1.807, 2.05) is 45.9 Å². The summed E-state index contributed by atoms with van der Waals surface area (Å²) in [5.41, 5.74) is 8.07. The molecule has 19 heavy (non-hydrogen) atoms. The van der Waals surface area contributed by atoms with Crippen molar-refractivity contribution in [2.75, 3.05) is 4.90 Å². The minimum atomic E-state index is -0.362. The Kier molecular flexibility index (Phi) is 4.92. The summed E-state index contributed by atoms with van der Waals surface area (Å²) in [7, 11) is 0. The molecule has 0 aliphatic heterocycles. The molecule has 0 aromatic heterocycles. The normalized spacial score (nSPS) is 11.8. The smallest absolute Gasteiger partial charge is 0.329 e. The second-order valence-corrected chi connectivity index (χ2v) is 4.72. The molecule has 0 saturated carbocycles.